The number of aliphatic hydroxyl groups is 1. The predicted molar refractivity (Wildman–Crippen MR) is 147 cm³/mol. The summed E-state index contributed by atoms with van der Waals surface area (Å²) in [5.41, 5.74) is -5.19. The van der Waals surface area contributed by atoms with Gasteiger partial charge in [0.2, 0.25) is 0 Å². The van der Waals surface area contributed by atoms with Crippen LogP contribution in [0.25, 0.3) is 0 Å². The van der Waals surface area contributed by atoms with Gasteiger partial charge in [0.1, 0.15) is 11.3 Å². The molecule has 0 aromatic heterocycles. The van der Waals surface area contributed by atoms with Crippen LogP contribution in [0.4, 0.5) is 0 Å². The molecule has 37 heavy (non-hydrogen) atoms. The first-order chi connectivity index (χ1) is 17.2. The van der Waals surface area contributed by atoms with Gasteiger partial charge in [-0.15, -0.1) is 0 Å². The Balaban J connectivity index is 8.00. The highest BCUT2D eigenvalue weighted by molar-refractivity contribution is 5.94. The third kappa shape index (κ3) is 6.88. The highest BCUT2D eigenvalue weighted by Gasteiger charge is 2.73. The molecule has 0 aliphatic heterocycles. The molecular weight excluding hydrogens is 472 g/mol. The van der Waals surface area contributed by atoms with E-state index >= 15 is 0 Å². The molecule has 0 fully saturated rings. The Kier molecular flexibility index (Phi) is 15.0. The fraction of sp³-hybridized carbons (Fsp3) is 0.900. The minimum atomic E-state index is -3.00. The van der Waals surface area contributed by atoms with Crippen LogP contribution in [0.3, 0.4) is 0 Å². The molecule has 0 radical (unpaired) electrons. The number of carbonyl (C=O) groups is 3. The third-order valence-corrected chi connectivity index (χ3v) is 9.31. The first kappa shape index (κ1) is 35.4. The summed E-state index contributed by atoms with van der Waals surface area (Å²) in [7, 11) is 0. The number of hydrogen-bond acceptors (Lipinski definition) is 4. The standard InChI is InChI=1S/C30H56O7/c1-10-16-19(7)22(13-4)25(26(31)32)30(37,28(35)36)29(27(33)34,23(14-5)20(8)17-11-2)24(15-6)21(9)18-12-3/h19-25,37H,10-18H2,1-9H3,(H,31,32)(H,33,34)(H,35,36). The molecule has 0 aromatic rings. The predicted octanol–water partition coefficient (Wildman–Crippen LogP) is 6.96. The largest absolute Gasteiger partial charge is 0.481 e. The van der Waals surface area contributed by atoms with Crippen LogP contribution in [0, 0.1) is 46.8 Å². The van der Waals surface area contributed by atoms with E-state index in [9.17, 15) is 34.8 Å². The van der Waals surface area contributed by atoms with E-state index < -0.39 is 52.6 Å². The lowest BCUT2D eigenvalue weighted by Crippen LogP contribution is -2.72. The van der Waals surface area contributed by atoms with E-state index in [2.05, 4.69) is 0 Å². The fourth-order valence-corrected chi connectivity index (χ4v) is 7.85. The Bertz CT molecular complexity index is 701. The molecule has 0 aliphatic rings. The summed E-state index contributed by atoms with van der Waals surface area (Å²) in [5, 5.41) is 45.2. The first-order valence-electron chi connectivity index (χ1n) is 14.7. The van der Waals surface area contributed by atoms with E-state index in [4.69, 9.17) is 0 Å². The number of carboxylic acid groups (broad SMARTS) is 3. The lowest BCUT2D eigenvalue weighted by atomic mass is 9.46. The first-order valence-corrected chi connectivity index (χ1v) is 14.7. The molecule has 0 spiro atoms. The van der Waals surface area contributed by atoms with Crippen molar-refractivity contribution in [3.05, 3.63) is 0 Å². The number of hydrogen-bond donors (Lipinski definition) is 4. The molecule has 4 N–H and O–H groups in total. The van der Waals surface area contributed by atoms with Crippen molar-refractivity contribution in [1.29, 1.82) is 0 Å². The highest BCUT2D eigenvalue weighted by Crippen LogP contribution is 2.59. The zero-order valence-corrected chi connectivity index (χ0v) is 24.9. The number of rotatable bonds is 20. The number of aliphatic carboxylic acids is 3. The molecule has 7 heteroatoms. The summed E-state index contributed by atoms with van der Waals surface area (Å²) >= 11 is 0. The molecule has 0 aliphatic carbocycles. The second kappa shape index (κ2) is 15.7. The summed E-state index contributed by atoms with van der Waals surface area (Å²) in [6.45, 7) is 17.1. The van der Waals surface area contributed by atoms with Gasteiger partial charge in [0.05, 0.1) is 0 Å². The van der Waals surface area contributed by atoms with Crippen molar-refractivity contribution < 1.29 is 34.8 Å². The second-order valence-corrected chi connectivity index (χ2v) is 11.5. The molecule has 0 saturated heterocycles. The fourth-order valence-electron chi connectivity index (χ4n) is 7.85. The van der Waals surface area contributed by atoms with Crippen LogP contribution in [0.15, 0.2) is 0 Å². The van der Waals surface area contributed by atoms with Gasteiger partial charge in [-0.1, -0.05) is 120 Å². The minimum Gasteiger partial charge on any atom is -0.481 e. The molecule has 0 bridgehead atoms. The van der Waals surface area contributed by atoms with Crippen LogP contribution in [-0.2, 0) is 14.4 Å². The van der Waals surface area contributed by atoms with E-state index in [1.165, 1.54) is 0 Å². The van der Waals surface area contributed by atoms with Crippen molar-refractivity contribution in [3.63, 3.8) is 0 Å². The maximum Gasteiger partial charge on any atom is 0.337 e. The normalized spacial score (nSPS) is 20.9. The van der Waals surface area contributed by atoms with E-state index in [0.717, 1.165) is 19.3 Å². The quantitative estimate of drug-likeness (QED) is 0.134. The van der Waals surface area contributed by atoms with Crippen molar-refractivity contribution >= 4 is 17.9 Å². The van der Waals surface area contributed by atoms with Crippen LogP contribution in [-0.4, -0.2) is 43.9 Å². The van der Waals surface area contributed by atoms with Crippen LogP contribution >= 0.6 is 0 Å². The Labute approximate surface area is 225 Å². The Morgan fingerprint density at radius 1 is 0.622 bits per heavy atom. The van der Waals surface area contributed by atoms with E-state index in [1.54, 1.807) is 6.92 Å². The summed E-state index contributed by atoms with van der Waals surface area (Å²) < 4.78 is 0. The van der Waals surface area contributed by atoms with Crippen LogP contribution in [0.1, 0.15) is 120 Å². The van der Waals surface area contributed by atoms with Gasteiger partial charge in [0.15, 0.2) is 5.60 Å². The molecule has 7 nitrogen and oxygen atoms in total. The molecule has 8 unspecified atom stereocenters. The minimum absolute atomic E-state index is 0.199. The van der Waals surface area contributed by atoms with Gasteiger partial charge >= 0.3 is 17.9 Å². The molecule has 218 valence electrons. The highest BCUT2D eigenvalue weighted by atomic mass is 16.4. The van der Waals surface area contributed by atoms with Gasteiger partial charge in [-0.3, -0.25) is 9.59 Å². The topological polar surface area (TPSA) is 132 Å². The lowest BCUT2D eigenvalue weighted by Gasteiger charge is -2.56. The zero-order valence-electron chi connectivity index (χ0n) is 24.9. The van der Waals surface area contributed by atoms with Gasteiger partial charge in [-0.25, -0.2) is 4.79 Å². The van der Waals surface area contributed by atoms with Crippen molar-refractivity contribution in [2.45, 2.75) is 126 Å². The van der Waals surface area contributed by atoms with E-state index in [-0.39, 0.29) is 17.8 Å². The maximum absolute atomic E-state index is 13.7. The van der Waals surface area contributed by atoms with Crippen molar-refractivity contribution in [2.75, 3.05) is 0 Å². The van der Waals surface area contributed by atoms with Crippen LogP contribution in [0.2, 0.25) is 0 Å². The molecule has 0 aromatic carbocycles. The molecule has 0 heterocycles. The van der Waals surface area contributed by atoms with Gasteiger partial charge in [0.25, 0.3) is 0 Å². The lowest BCUT2D eigenvalue weighted by molar-refractivity contribution is -0.236. The van der Waals surface area contributed by atoms with Gasteiger partial charge in [-0.05, 0) is 35.5 Å². The molecule has 8 atom stereocenters. The van der Waals surface area contributed by atoms with E-state index in [1.807, 2.05) is 55.4 Å². The zero-order chi connectivity index (χ0) is 29.1. The SMILES string of the molecule is CCCC(C)C(CC)C(C(=O)O)C(O)(C(=O)O)C(C(=O)O)(C(CC)C(C)CCC)C(CC)C(C)CCC. The molecule has 0 amide bonds. The van der Waals surface area contributed by atoms with Crippen molar-refractivity contribution in [1.82, 2.24) is 0 Å². The van der Waals surface area contributed by atoms with Gasteiger partial charge < -0.3 is 20.4 Å². The summed E-state index contributed by atoms with van der Waals surface area (Å²) in [4.78, 5) is 40.1. The average Bonchev–Trinajstić information content (AvgIpc) is 2.81. The maximum atomic E-state index is 13.7. The summed E-state index contributed by atoms with van der Waals surface area (Å²) in [6, 6.07) is 0. The monoisotopic (exact) mass is 528 g/mol. The smallest absolute Gasteiger partial charge is 0.337 e. The van der Waals surface area contributed by atoms with Crippen LogP contribution in [0.5, 0.6) is 0 Å². The van der Waals surface area contributed by atoms with Crippen LogP contribution < -0.4 is 0 Å². The van der Waals surface area contributed by atoms with Gasteiger partial charge in [0, 0.05) is 0 Å². The third-order valence-electron chi connectivity index (χ3n) is 9.31. The molecule has 0 rings (SSSR count). The Hall–Kier alpha value is -1.63. The Morgan fingerprint density at radius 2 is 1.00 bits per heavy atom. The summed E-state index contributed by atoms with van der Waals surface area (Å²) in [5.74, 6) is -9.14. The van der Waals surface area contributed by atoms with Crippen molar-refractivity contribution in [2.24, 2.45) is 46.8 Å². The number of carboxylic acids is 3. The van der Waals surface area contributed by atoms with Gasteiger partial charge in [-0.2, -0.15) is 0 Å². The average molecular weight is 529 g/mol. The van der Waals surface area contributed by atoms with E-state index in [0.29, 0.717) is 38.5 Å². The molecule has 0 saturated carbocycles. The van der Waals surface area contributed by atoms with Crippen molar-refractivity contribution in [3.8, 4) is 0 Å². The second-order valence-electron chi connectivity index (χ2n) is 11.5. The Morgan fingerprint density at radius 3 is 1.24 bits per heavy atom. The summed E-state index contributed by atoms with van der Waals surface area (Å²) in [6.07, 6.45) is 5.26. The molecular formula is C30H56O7.